The summed E-state index contributed by atoms with van der Waals surface area (Å²) in [7, 11) is 1.48. The molecule has 0 unspecified atom stereocenters. The zero-order valence-corrected chi connectivity index (χ0v) is 18.8. The largest absolute Gasteiger partial charge is 0.497 e. The van der Waals surface area contributed by atoms with Crippen LogP contribution in [0, 0.1) is 5.92 Å². The monoisotopic (exact) mass is 461 g/mol. The SMILES string of the molecule is COc1ccc([C@H]2C=C(C(F)(F)F)N(C(=O)OC(C)(C)C)C(=O)[C@H]2Cc2ccccc2)cc1. The molecular formula is C25H26F3NO4. The molecule has 1 aliphatic heterocycles. The molecule has 1 aliphatic rings. The molecule has 176 valence electrons. The van der Waals surface area contributed by atoms with Gasteiger partial charge in [0.1, 0.15) is 17.0 Å². The van der Waals surface area contributed by atoms with Crippen LogP contribution in [-0.2, 0) is 16.0 Å². The molecule has 8 heteroatoms. The van der Waals surface area contributed by atoms with Gasteiger partial charge in [0, 0.05) is 5.92 Å². The van der Waals surface area contributed by atoms with Gasteiger partial charge < -0.3 is 9.47 Å². The van der Waals surface area contributed by atoms with Crippen LogP contribution in [0.1, 0.15) is 37.8 Å². The Labute approximate surface area is 190 Å². The van der Waals surface area contributed by atoms with E-state index in [-0.39, 0.29) is 11.3 Å². The summed E-state index contributed by atoms with van der Waals surface area (Å²) in [6, 6.07) is 15.5. The molecule has 2 aromatic rings. The van der Waals surface area contributed by atoms with E-state index in [9.17, 15) is 22.8 Å². The summed E-state index contributed by atoms with van der Waals surface area (Å²) in [6.45, 7) is 4.58. The molecule has 0 aliphatic carbocycles. The fourth-order valence-corrected chi connectivity index (χ4v) is 3.75. The second kappa shape index (κ2) is 9.29. The fraction of sp³-hybridized carbons (Fsp3) is 0.360. The Hall–Kier alpha value is -3.29. The average Bonchev–Trinajstić information content (AvgIpc) is 2.73. The van der Waals surface area contributed by atoms with Crippen LogP contribution in [0.25, 0.3) is 0 Å². The van der Waals surface area contributed by atoms with Gasteiger partial charge in [-0.05, 0) is 56.5 Å². The van der Waals surface area contributed by atoms with Crippen molar-refractivity contribution in [2.45, 2.75) is 44.9 Å². The van der Waals surface area contributed by atoms with Gasteiger partial charge in [0.2, 0.25) is 5.91 Å². The molecule has 0 bridgehead atoms. The first-order valence-corrected chi connectivity index (χ1v) is 10.4. The molecule has 2 aromatic carbocycles. The summed E-state index contributed by atoms with van der Waals surface area (Å²) in [6.07, 6.45) is -5.19. The van der Waals surface area contributed by atoms with E-state index in [2.05, 4.69) is 0 Å². The van der Waals surface area contributed by atoms with Crippen LogP contribution in [-0.4, -0.2) is 35.8 Å². The lowest BCUT2D eigenvalue weighted by Crippen LogP contribution is -2.50. The minimum atomic E-state index is -4.94. The highest BCUT2D eigenvalue weighted by atomic mass is 19.4. The van der Waals surface area contributed by atoms with Crippen molar-refractivity contribution in [2.75, 3.05) is 7.11 Å². The second-order valence-corrected chi connectivity index (χ2v) is 8.80. The maximum absolute atomic E-state index is 14.0. The number of hydrogen-bond acceptors (Lipinski definition) is 4. The van der Waals surface area contributed by atoms with Crippen LogP contribution < -0.4 is 4.74 Å². The number of amides is 2. The molecule has 3 rings (SSSR count). The standard InChI is InChI=1S/C25H26F3NO4/c1-24(2,3)33-23(31)29-21(25(26,27)28)15-19(17-10-12-18(32-4)13-11-17)20(22(29)30)14-16-8-6-5-7-9-16/h5-13,15,19-20H,14H2,1-4H3/t19-,20+/m1/s1. The molecule has 0 aromatic heterocycles. The molecule has 0 saturated carbocycles. The van der Waals surface area contributed by atoms with E-state index in [1.54, 1.807) is 48.5 Å². The van der Waals surface area contributed by atoms with Crippen LogP contribution in [0.15, 0.2) is 66.4 Å². The Kier molecular flexibility index (Phi) is 6.86. The highest BCUT2D eigenvalue weighted by Crippen LogP contribution is 2.42. The number of carbonyl (C=O) groups is 2. The van der Waals surface area contributed by atoms with E-state index in [1.807, 2.05) is 6.07 Å². The molecule has 0 fully saturated rings. The van der Waals surface area contributed by atoms with Crippen LogP contribution in [0.3, 0.4) is 0 Å². The lowest BCUT2D eigenvalue weighted by Gasteiger charge is -2.37. The van der Waals surface area contributed by atoms with Gasteiger partial charge in [0.05, 0.1) is 13.0 Å². The van der Waals surface area contributed by atoms with Crippen molar-refractivity contribution in [3.63, 3.8) is 0 Å². The van der Waals surface area contributed by atoms with Gasteiger partial charge in [-0.25, -0.2) is 9.69 Å². The van der Waals surface area contributed by atoms with Crippen LogP contribution in [0.2, 0.25) is 0 Å². The maximum atomic E-state index is 14.0. The molecular weight excluding hydrogens is 435 g/mol. The second-order valence-electron chi connectivity index (χ2n) is 8.80. The van der Waals surface area contributed by atoms with Crippen molar-refractivity contribution in [3.05, 3.63) is 77.5 Å². The summed E-state index contributed by atoms with van der Waals surface area (Å²) in [4.78, 5) is 26.3. The quantitative estimate of drug-likeness (QED) is 0.572. The summed E-state index contributed by atoms with van der Waals surface area (Å²) in [5, 5.41) is 0. The third kappa shape index (κ3) is 5.74. The van der Waals surface area contributed by atoms with Gasteiger partial charge in [0.15, 0.2) is 0 Å². The number of allylic oxidation sites excluding steroid dienone is 2. The molecule has 2 amide bonds. The number of methoxy groups -OCH3 is 1. The first-order valence-electron chi connectivity index (χ1n) is 10.4. The van der Waals surface area contributed by atoms with E-state index in [4.69, 9.17) is 9.47 Å². The molecule has 33 heavy (non-hydrogen) atoms. The third-order valence-corrected chi connectivity index (χ3v) is 5.22. The van der Waals surface area contributed by atoms with Crippen molar-refractivity contribution in [3.8, 4) is 5.75 Å². The Morgan fingerprint density at radius 3 is 2.12 bits per heavy atom. The minimum absolute atomic E-state index is 0.138. The summed E-state index contributed by atoms with van der Waals surface area (Å²) < 4.78 is 52.4. The van der Waals surface area contributed by atoms with Crippen molar-refractivity contribution in [2.24, 2.45) is 5.92 Å². The number of rotatable bonds is 4. The van der Waals surface area contributed by atoms with Crippen LogP contribution in [0.5, 0.6) is 5.75 Å². The molecule has 0 saturated heterocycles. The fourth-order valence-electron chi connectivity index (χ4n) is 3.75. The number of halogens is 3. The summed E-state index contributed by atoms with van der Waals surface area (Å²) >= 11 is 0. The topological polar surface area (TPSA) is 55.8 Å². The average molecular weight is 461 g/mol. The molecule has 1 heterocycles. The summed E-state index contributed by atoms with van der Waals surface area (Å²) in [5.41, 5.74) is -1.14. The van der Waals surface area contributed by atoms with Crippen molar-refractivity contribution >= 4 is 12.0 Å². The highest BCUT2D eigenvalue weighted by molar-refractivity contribution is 5.97. The molecule has 0 spiro atoms. The van der Waals surface area contributed by atoms with E-state index >= 15 is 0 Å². The van der Waals surface area contributed by atoms with E-state index in [0.717, 1.165) is 11.6 Å². The van der Waals surface area contributed by atoms with Crippen LogP contribution in [0.4, 0.5) is 18.0 Å². The number of alkyl halides is 3. The van der Waals surface area contributed by atoms with Gasteiger partial charge in [-0.15, -0.1) is 0 Å². The molecule has 0 N–H and O–H groups in total. The lowest BCUT2D eigenvalue weighted by molar-refractivity contribution is -0.147. The minimum Gasteiger partial charge on any atom is -0.497 e. The normalized spacial score (nSPS) is 19.2. The maximum Gasteiger partial charge on any atom is 0.431 e. The zero-order chi connectivity index (χ0) is 24.4. The van der Waals surface area contributed by atoms with Gasteiger partial charge >= 0.3 is 12.3 Å². The number of ether oxygens (including phenoxy) is 2. The smallest absolute Gasteiger partial charge is 0.431 e. The first kappa shape index (κ1) is 24.4. The number of imide groups is 1. The molecule has 0 radical (unpaired) electrons. The molecule has 5 nitrogen and oxygen atoms in total. The van der Waals surface area contributed by atoms with E-state index < -0.39 is 41.3 Å². The number of benzene rings is 2. The number of nitrogens with zero attached hydrogens (tertiary/aromatic N) is 1. The Balaban J connectivity index is 2.13. The summed E-state index contributed by atoms with van der Waals surface area (Å²) in [5.74, 6) is -2.27. The van der Waals surface area contributed by atoms with Gasteiger partial charge in [-0.2, -0.15) is 13.2 Å². The Morgan fingerprint density at radius 1 is 1.00 bits per heavy atom. The molecule has 2 atom stereocenters. The van der Waals surface area contributed by atoms with Gasteiger partial charge in [0.25, 0.3) is 0 Å². The number of carbonyl (C=O) groups excluding carboxylic acids is 2. The first-order chi connectivity index (χ1) is 15.4. The van der Waals surface area contributed by atoms with Gasteiger partial charge in [-0.1, -0.05) is 42.5 Å². The lowest BCUT2D eigenvalue weighted by atomic mass is 9.78. The number of hydrogen-bond donors (Lipinski definition) is 0. The predicted molar refractivity (Wildman–Crippen MR) is 117 cm³/mol. The van der Waals surface area contributed by atoms with E-state index in [1.165, 1.54) is 27.9 Å². The highest BCUT2D eigenvalue weighted by Gasteiger charge is 2.51. The van der Waals surface area contributed by atoms with Crippen molar-refractivity contribution < 1.29 is 32.2 Å². The van der Waals surface area contributed by atoms with Crippen LogP contribution >= 0.6 is 0 Å². The van der Waals surface area contributed by atoms with E-state index in [0.29, 0.717) is 11.3 Å². The van der Waals surface area contributed by atoms with Crippen molar-refractivity contribution in [1.29, 1.82) is 0 Å². The van der Waals surface area contributed by atoms with Gasteiger partial charge in [-0.3, -0.25) is 4.79 Å². The Morgan fingerprint density at radius 2 is 1.61 bits per heavy atom. The predicted octanol–water partition coefficient (Wildman–Crippen LogP) is 5.86. The van der Waals surface area contributed by atoms with Crippen molar-refractivity contribution in [1.82, 2.24) is 4.90 Å². The Bertz CT molecular complexity index is 1020. The zero-order valence-electron chi connectivity index (χ0n) is 18.8. The third-order valence-electron chi connectivity index (χ3n) is 5.22.